The molecular formula is C18H22N4OS2. The van der Waals surface area contributed by atoms with E-state index in [9.17, 15) is 10.1 Å². The van der Waals surface area contributed by atoms with E-state index < -0.39 is 5.54 Å². The molecule has 1 amide bonds. The Morgan fingerprint density at radius 2 is 2.16 bits per heavy atom. The van der Waals surface area contributed by atoms with Crippen LogP contribution in [0, 0.1) is 17.2 Å². The van der Waals surface area contributed by atoms with E-state index in [0.717, 1.165) is 28.1 Å². The SMILES string of the molecule is CC(C)[C@@](C)(C#N)NC(=O)[C@@H](C)Sc1ncnc2sc3c(c12)CCC3. The molecule has 1 N–H and O–H groups in total. The predicted octanol–water partition coefficient (Wildman–Crippen LogP) is 3.72. The van der Waals surface area contributed by atoms with Crippen LogP contribution in [0.5, 0.6) is 0 Å². The lowest BCUT2D eigenvalue weighted by Crippen LogP contribution is -2.51. The van der Waals surface area contributed by atoms with Crippen molar-refractivity contribution in [1.82, 2.24) is 15.3 Å². The third-order valence-electron chi connectivity index (χ3n) is 4.89. The maximum Gasteiger partial charge on any atom is 0.234 e. The molecule has 1 aliphatic rings. The van der Waals surface area contributed by atoms with Crippen molar-refractivity contribution in [3.63, 3.8) is 0 Å². The number of carbonyl (C=O) groups excluding carboxylic acids is 1. The van der Waals surface area contributed by atoms with E-state index >= 15 is 0 Å². The largest absolute Gasteiger partial charge is 0.337 e. The lowest BCUT2D eigenvalue weighted by molar-refractivity contribution is -0.121. The van der Waals surface area contributed by atoms with Crippen molar-refractivity contribution in [2.45, 2.75) is 62.8 Å². The van der Waals surface area contributed by atoms with Gasteiger partial charge in [-0.25, -0.2) is 9.97 Å². The summed E-state index contributed by atoms with van der Waals surface area (Å²) in [6.45, 7) is 7.49. The molecule has 0 spiro atoms. The molecule has 0 fully saturated rings. The zero-order chi connectivity index (χ0) is 18.2. The average molecular weight is 375 g/mol. The van der Waals surface area contributed by atoms with Gasteiger partial charge in [0, 0.05) is 10.3 Å². The zero-order valence-corrected chi connectivity index (χ0v) is 16.6. The summed E-state index contributed by atoms with van der Waals surface area (Å²) in [7, 11) is 0. The van der Waals surface area contributed by atoms with Crippen molar-refractivity contribution in [2.24, 2.45) is 5.92 Å². The van der Waals surface area contributed by atoms with Gasteiger partial charge in [0.25, 0.3) is 0 Å². The second kappa shape index (κ2) is 6.93. The molecule has 2 atom stereocenters. The molecule has 132 valence electrons. The summed E-state index contributed by atoms with van der Waals surface area (Å²) >= 11 is 3.19. The highest BCUT2D eigenvalue weighted by molar-refractivity contribution is 8.00. The van der Waals surface area contributed by atoms with Crippen LogP contribution in [0.3, 0.4) is 0 Å². The van der Waals surface area contributed by atoms with Crippen LogP contribution in [0.4, 0.5) is 0 Å². The number of fused-ring (bicyclic) bond motifs is 3. The minimum absolute atomic E-state index is 0.0320. The fourth-order valence-corrected chi connectivity index (χ4v) is 5.11. The predicted molar refractivity (Wildman–Crippen MR) is 102 cm³/mol. The van der Waals surface area contributed by atoms with Crippen LogP contribution in [0.15, 0.2) is 11.4 Å². The number of aryl methyl sites for hydroxylation is 2. The Morgan fingerprint density at radius 1 is 1.40 bits per heavy atom. The number of nitrogens with one attached hydrogen (secondary N) is 1. The van der Waals surface area contributed by atoms with E-state index in [0.29, 0.717) is 0 Å². The summed E-state index contributed by atoms with van der Waals surface area (Å²) in [4.78, 5) is 23.9. The maximum atomic E-state index is 12.6. The van der Waals surface area contributed by atoms with Gasteiger partial charge in [0.2, 0.25) is 5.91 Å². The Bertz CT molecular complexity index is 855. The Hall–Kier alpha value is -1.65. The van der Waals surface area contributed by atoms with E-state index in [1.165, 1.54) is 28.6 Å². The van der Waals surface area contributed by atoms with Crippen molar-refractivity contribution in [2.75, 3.05) is 0 Å². The molecule has 0 radical (unpaired) electrons. The number of amides is 1. The second-order valence-corrected chi connectivity index (χ2v) is 9.35. The number of hydrogen-bond donors (Lipinski definition) is 1. The maximum absolute atomic E-state index is 12.6. The highest BCUT2D eigenvalue weighted by Crippen LogP contribution is 2.40. The number of carbonyl (C=O) groups is 1. The third kappa shape index (κ3) is 3.38. The summed E-state index contributed by atoms with van der Waals surface area (Å²) in [5.41, 5.74) is 0.496. The standard InChI is InChI=1S/C18H22N4OS2/c1-10(2)18(4,8-19)22-15(23)11(3)24-16-14-12-6-5-7-13(12)25-17(14)21-9-20-16/h9-11H,5-7H2,1-4H3,(H,22,23)/t11-,18-/m1/s1. The normalized spacial score (nSPS) is 17.1. The molecule has 5 nitrogen and oxygen atoms in total. The molecule has 1 aliphatic carbocycles. The summed E-state index contributed by atoms with van der Waals surface area (Å²) in [5, 5.41) is 14.0. The average Bonchev–Trinajstić information content (AvgIpc) is 3.15. The topological polar surface area (TPSA) is 78.7 Å². The van der Waals surface area contributed by atoms with Crippen LogP contribution in [0.25, 0.3) is 10.2 Å². The quantitative estimate of drug-likeness (QED) is 0.637. The number of hydrogen-bond acceptors (Lipinski definition) is 6. The minimum Gasteiger partial charge on any atom is -0.337 e. The molecule has 2 heterocycles. The zero-order valence-electron chi connectivity index (χ0n) is 14.9. The number of thioether (sulfide) groups is 1. The number of thiophene rings is 1. The van der Waals surface area contributed by atoms with E-state index in [4.69, 9.17) is 0 Å². The summed E-state index contributed by atoms with van der Waals surface area (Å²) in [5.74, 6) is -0.106. The van der Waals surface area contributed by atoms with Crippen LogP contribution < -0.4 is 5.32 Å². The number of rotatable bonds is 5. The lowest BCUT2D eigenvalue weighted by Gasteiger charge is -2.28. The smallest absolute Gasteiger partial charge is 0.234 e. The molecule has 3 rings (SSSR count). The van der Waals surface area contributed by atoms with Crippen molar-refractivity contribution in [3.05, 3.63) is 16.8 Å². The molecule has 0 aliphatic heterocycles. The van der Waals surface area contributed by atoms with Gasteiger partial charge in [-0.15, -0.1) is 11.3 Å². The van der Waals surface area contributed by atoms with Crippen LogP contribution in [-0.2, 0) is 17.6 Å². The van der Waals surface area contributed by atoms with Crippen LogP contribution in [-0.4, -0.2) is 26.7 Å². The molecule has 0 saturated carbocycles. The molecular weight excluding hydrogens is 352 g/mol. The highest BCUT2D eigenvalue weighted by Gasteiger charge is 2.32. The van der Waals surface area contributed by atoms with Gasteiger partial charge in [-0.1, -0.05) is 25.6 Å². The second-order valence-electron chi connectivity index (χ2n) is 6.93. The van der Waals surface area contributed by atoms with E-state index in [2.05, 4.69) is 21.4 Å². The molecule has 25 heavy (non-hydrogen) atoms. The van der Waals surface area contributed by atoms with Gasteiger partial charge in [-0.05, 0) is 44.6 Å². The Labute approximate surface area is 156 Å². The number of nitrogens with zero attached hydrogens (tertiary/aromatic N) is 3. The number of aromatic nitrogens is 2. The summed E-state index contributed by atoms with van der Waals surface area (Å²) in [6.07, 6.45) is 4.94. The Balaban J connectivity index is 1.82. The van der Waals surface area contributed by atoms with E-state index in [1.807, 2.05) is 20.8 Å². The summed E-state index contributed by atoms with van der Waals surface area (Å²) < 4.78 is 0. The van der Waals surface area contributed by atoms with Gasteiger partial charge in [-0.3, -0.25) is 4.79 Å². The van der Waals surface area contributed by atoms with Crippen molar-refractivity contribution >= 4 is 39.2 Å². The van der Waals surface area contributed by atoms with Crippen molar-refractivity contribution in [3.8, 4) is 6.07 Å². The fourth-order valence-electron chi connectivity index (χ4n) is 2.87. The first-order chi connectivity index (χ1) is 11.9. The Morgan fingerprint density at radius 3 is 2.84 bits per heavy atom. The molecule has 0 saturated heterocycles. The van der Waals surface area contributed by atoms with E-state index in [1.54, 1.807) is 24.6 Å². The van der Waals surface area contributed by atoms with Gasteiger partial charge in [0.1, 0.15) is 21.7 Å². The molecule has 7 heteroatoms. The van der Waals surface area contributed by atoms with Gasteiger partial charge in [0.05, 0.1) is 11.3 Å². The van der Waals surface area contributed by atoms with E-state index in [-0.39, 0.29) is 17.1 Å². The van der Waals surface area contributed by atoms with Crippen molar-refractivity contribution in [1.29, 1.82) is 5.26 Å². The number of nitriles is 1. The van der Waals surface area contributed by atoms with Crippen LogP contribution in [0.1, 0.15) is 44.6 Å². The third-order valence-corrected chi connectivity index (χ3v) is 7.19. The molecule has 2 aromatic heterocycles. The molecule has 0 unspecified atom stereocenters. The van der Waals surface area contributed by atoms with Gasteiger partial charge >= 0.3 is 0 Å². The Kier molecular flexibility index (Phi) is 5.03. The lowest BCUT2D eigenvalue weighted by atomic mass is 9.90. The van der Waals surface area contributed by atoms with Crippen LogP contribution in [0.2, 0.25) is 0 Å². The minimum atomic E-state index is -0.865. The molecule has 2 aromatic rings. The first-order valence-corrected chi connectivity index (χ1v) is 10.2. The molecule has 0 aromatic carbocycles. The summed E-state index contributed by atoms with van der Waals surface area (Å²) in [6, 6.07) is 2.22. The van der Waals surface area contributed by atoms with Gasteiger partial charge in [0.15, 0.2) is 0 Å². The first-order valence-electron chi connectivity index (χ1n) is 8.51. The highest BCUT2D eigenvalue weighted by atomic mass is 32.2. The monoisotopic (exact) mass is 374 g/mol. The first kappa shape index (κ1) is 18.2. The van der Waals surface area contributed by atoms with Crippen molar-refractivity contribution < 1.29 is 4.79 Å². The fraction of sp³-hybridized carbons (Fsp3) is 0.556. The molecule has 0 bridgehead atoms. The van der Waals surface area contributed by atoms with Gasteiger partial charge in [-0.2, -0.15) is 5.26 Å². The van der Waals surface area contributed by atoms with Crippen LogP contribution >= 0.6 is 23.1 Å². The van der Waals surface area contributed by atoms with Gasteiger partial charge < -0.3 is 5.32 Å².